The van der Waals surface area contributed by atoms with Gasteiger partial charge in [-0.25, -0.2) is 0 Å². The van der Waals surface area contributed by atoms with E-state index < -0.39 is 43.4 Å². The molecule has 0 saturated carbocycles. The molecule has 9 heteroatoms. The summed E-state index contributed by atoms with van der Waals surface area (Å²) < 4.78 is 22.9. The monoisotopic (exact) mass is 839 g/mol. The smallest absolute Gasteiger partial charge is 0.306 e. The van der Waals surface area contributed by atoms with E-state index in [4.69, 9.17) is 18.9 Å². The van der Waals surface area contributed by atoms with Gasteiger partial charge in [0, 0.05) is 13.0 Å². The molecule has 0 aliphatic carbocycles. The molecule has 348 valence electrons. The van der Waals surface area contributed by atoms with Crippen LogP contribution in [0.5, 0.6) is 0 Å². The molecule has 4 N–H and O–H groups in total. The number of carbonyl (C=O) groups excluding carboxylic acids is 1. The van der Waals surface area contributed by atoms with Gasteiger partial charge in [-0.2, -0.15) is 0 Å². The zero-order valence-electron chi connectivity index (χ0n) is 38.3. The van der Waals surface area contributed by atoms with Crippen molar-refractivity contribution in [2.75, 3.05) is 26.4 Å². The lowest BCUT2D eigenvalue weighted by molar-refractivity contribution is -0.305. The normalized spacial score (nSPS) is 20.3. The summed E-state index contributed by atoms with van der Waals surface area (Å²) in [7, 11) is 0. The lowest BCUT2D eigenvalue weighted by Gasteiger charge is -2.39. The predicted molar refractivity (Wildman–Crippen MR) is 242 cm³/mol. The van der Waals surface area contributed by atoms with Crippen LogP contribution in [0.1, 0.15) is 226 Å². The van der Waals surface area contributed by atoms with Gasteiger partial charge in [0.1, 0.15) is 30.5 Å². The van der Waals surface area contributed by atoms with E-state index in [2.05, 4.69) is 38.2 Å². The molecule has 1 heterocycles. The summed E-state index contributed by atoms with van der Waals surface area (Å²) in [5.41, 5.74) is 0. The third-order valence-electron chi connectivity index (χ3n) is 11.6. The molecule has 0 aromatic carbocycles. The highest BCUT2D eigenvalue weighted by atomic mass is 16.7. The Morgan fingerprint density at radius 1 is 0.542 bits per heavy atom. The average Bonchev–Trinajstić information content (AvgIpc) is 3.24. The number of aliphatic hydroxyl groups is 4. The van der Waals surface area contributed by atoms with Gasteiger partial charge in [-0.3, -0.25) is 4.79 Å². The molecule has 1 aliphatic rings. The van der Waals surface area contributed by atoms with Gasteiger partial charge in [0.25, 0.3) is 0 Å². The van der Waals surface area contributed by atoms with Crippen LogP contribution in [0.15, 0.2) is 24.3 Å². The van der Waals surface area contributed by atoms with Crippen LogP contribution in [0.4, 0.5) is 0 Å². The van der Waals surface area contributed by atoms with Crippen molar-refractivity contribution in [3.63, 3.8) is 0 Å². The maximum Gasteiger partial charge on any atom is 0.306 e. The summed E-state index contributed by atoms with van der Waals surface area (Å²) in [6, 6.07) is 0. The van der Waals surface area contributed by atoms with Crippen LogP contribution >= 0.6 is 0 Å². The molecular formula is C50H94O9. The van der Waals surface area contributed by atoms with E-state index in [1.54, 1.807) is 0 Å². The topological polar surface area (TPSA) is 135 Å². The van der Waals surface area contributed by atoms with Crippen molar-refractivity contribution in [3.05, 3.63) is 24.3 Å². The lowest BCUT2D eigenvalue weighted by atomic mass is 9.99. The Balaban J connectivity index is 2.19. The van der Waals surface area contributed by atoms with Gasteiger partial charge in [-0.1, -0.05) is 199 Å². The van der Waals surface area contributed by atoms with Gasteiger partial charge >= 0.3 is 5.97 Å². The van der Waals surface area contributed by atoms with Crippen molar-refractivity contribution in [3.8, 4) is 0 Å². The first-order chi connectivity index (χ1) is 28.9. The fourth-order valence-corrected chi connectivity index (χ4v) is 7.70. The molecule has 1 saturated heterocycles. The maximum absolute atomic E-state index is 12.8. The molecule has 1 rings (SSSR count). The minimum Gasteiger partial charge on any atom is -0.457 e. The molecule has 0 radical (unpaired) electrons. The summed E-state index contributed by atoms with van der Waals surface area (Å²) in [5, 5.41) is 40.2. The highest BCUT2D eigenvalue weighted by molar-refractivity contribution is 5.69. The van der Waals surface area contributed by atoms with Crippen LogP contribution in [-0.2, 0) is 23.7 Å². The molecular weight excluding hydrogens is 745 g/mol. The zero-order chi connectivity index (χ0) is 42.9. The van der Waals surface area contributed by atoms with Crippen LogP contribution in [0.3, 0.4) is 0 Å². The second-order valence-corrected chi connectivity index (χ2v) is 17.3. The van der Waals surface area contributed by atoms with Crippen molar-refractivity contribution < 1.29 is 44.2 Å². The van der Waals surface area contributed by atoms with Crippen molar-refractivity contribution >= 4 is 5.97 Å². The van der Waals surface area contributed by atoms with Gasteiger partial charge in [0.15, 0.2) is 6.29 Å². The average molecular weight is 839 g/mol. The van der Waals surface area contributed by atoms with Gasteiger partial charge < -0.3 is 39.4 Å². The van der Waals surface area contributed by atoms with Gasteiger partial charge in [0.05, 0.1) is 19.8 Å². The number of rotatable bonds is 43. The Kier molecular flexibility index (Phi) is 39.6. The number of hydrogen-bond donors (Lipinski definition) is 4. The van der Waals surface area contributed by atoms with Crippen LogP contribution in [-0.4, -0.2) is 89.6 Å². The van der Waals surface area contributed by atoms with Crippen LogP contribution in [0.25, 0.3) is 0 Å². The van der Waals surface area contributed by atoms with E-state index in [-0.39, 0.29) is 19.2 Å². The molecule has 6 unspecified atom stereocenters. The Labute approximate surface area is 362 Å². The molecule has 1 aliphatic heterocycles. The van der Waals surface area contributed by atoms with E-state index in [0.717, 1.165) is 38.5 Å². The molecule has 0 bridgehead atoms. The molecule has 59 heavy (non-hydrogen) atoms. The second-order valence-electron chi connectivity index (χ2n) is 17.3. The number of carbonyl (C=O) groups is 1. The lowest BCUT2D eigenvalue weighted by Crippen LogP contribution is -2.59. The van der Waals surface area contributed by atoms with Crippen molar-refractivity contribution in [2.24, 2.45) is 0 Å². The predicted octanol–water partition coefficient (Wildman–Crippen LogP) is 11.8. The summed E-state index contributed by atoms with van der Waals surface area (Å²) in [6.45, 7) is 4.57. The Bertz CT molecular complexity index is 957. The van der Waals surface area contributed by atoms with Crippen molar-refractivity contribution in [1.29, 1.82) is 0 Å². The molecule has 0 aromatic rings. The van der Waals surface area contributed by atoms with E-state index in [0.29, 0.717) is 13.0 Å². The molecule has 0 amide bonds. The summed E-state index contributed by atoms with van der Waals surface area (Å²) >= 11 is 0. The standard InChI is InChI=1S/C50H94O9/c1-3-5-7-9-11-13-15-17-19-20-21-22-23-24-25-26-28-30-32-34-36-38-40-56-42-44(43-57-50-49(55)48(54)47(53)45(41-51)59-50)58-46(52)39-37-35-33-31-29-27-18-16-14-12-10-8-6-4-2/h15,17,20-21,44-45,47-51,53-55H,3-14,16,18-19,22-43H2,1-2H3/b17-15-,21-20-. The fraction of sp³-hybridized carbons (Fsp3) is 0.900. The van der Waals surface area contributed by atoms with Crippen LogP contribution < -0.4 is 0 Å². The number of ether oxygens (including phenoxy) is 4. The quantitative estimate of drug-likeness (QED) is 0.0269. The van der Waals surface area contributed by atoms with E-state index in [1.807, 2.05) is 0 Å². The zero-order valence-corrected chi connectivity index (χ0v) is 38.3. The largest absolute Gasteiger partial charge is 0.457 e. The van der Waals surface area contributed by atoms with E-state index >= 15 is 0 Å². The first-order valence-electron chi connectivity index (χ1n) is 24.9. The van der Waals surface area contributed by atoms with Gasteiger partial charge in [0.2, 0.25) is 0 Å². The number of esters is 1. The van der Waals surface area contributed by atoms with Gasteiger partial charge in [-0.05, 0) is 44.9 Å². The Hall–Kier alpha value is -1.33. The highest BCUT2D eigenvalue weighted by Crippen LogP contribution is 2.23. The first kappa shape index (κ1) is 55.7. The maximum atomic E-state index is 12.8. The molecule has 9 nitrogen and oxygen atoms in total. The minimum absolute atomic E-state index is 0.110. The minimum atomic E-state index is -1.53. The third kappa shape index (κ3) is 33.0. The summed E-state index contributed by atoms with van der Waals surface area (Å²) in [4.78, 5) is 12.8. The number of hydrogen-bond acceptors (Lipinski definition) is 9. The van der Waals surface area contributed by atoms with Gasteiger partial charge in [-0.15, -0.1) is 0 Å². The second kappa shape index (κ2) is 42.0. The fourth-order valence-electron chi connectivity index (χ4n) is 7.70. The van der Waals surface area contributed by atoms with Crippen LogP contribution in [0.2, 0.25) is 0 Å². The Morgan fingerprint density at radius 3 is 1.46 bits per heavy atom. The SMILES string of the molecule is CCCCCCC/C=C\C/C=C\CCCCCCCCCCCCOCC(COC1OC(CO)C(O)C(O)C1O)OC(=O)CCCCCCCCCCCCCCCC. The summed E-state index contributed by atoms with van der Waals surface area (Å²) in [5.74, 6) is -0.311. The highest BCUT2D eigenvalue weighted by Gasteiger charge is 2.44. The van der Waals surface area contributed by atoms with E-state index in [1.165, 1.54) is 167 Å². The first-order valence-corrected chi connectivity index (χ1v) is 24.9. The molecule has 6 atom stereocenters. The third-order valence-corrected chi connectivity index (χ3v) is 11.6. The van der Waals surface area contributed by atoms with Crippen molar-refractivity contribution in [1.82, 2.24) is 0 Å². The van der Waals surface area contributed by atoms with Crippen LogP contribution in [0, 0.1) is 0 Å². The van der Waals surface area contributed by atoms with E-state index in [9.17, 15) is 25.2 Å². The summed E-state index contributed by atoms with van der Waals surface area (Å²) in [6.07, 6.45) is 42.1. The number of aliphatic hydroxyl groups excluding tert-OH is 4. The molecule has 1 fully saturated rings. The molecule has 0 aromatic heterocycles. The Morgan fingerprint density at radius 2 is 0.983 bits per heavy atom. The molecule has 0 spiro atoms. The number of unbranched alkanes of at least 4 members (excludes halogenated alkanes) is 28. The number of allylic oxidation sites excluding steroid dienone is 4. The van der Waals surface area contributed by atoms with Crippen molar-refractivity contribution in [2.45, 2.75) is 263 Å².